The van der Waals surface area contributed by atoms with Crippen molar-refractivity contribution in [2.75, 3.05) is 11.4 Å². The van der Waals surface area contributed by atoms with E-state index in [9.17, 15) is 5.26 Å². The molecule has 0 atom stereocenters. The molecule has 0 aliphatic carbocycles. The molecule has 0 N–H and O–H groups in total. The molecule has 1 aromatic carbocycles. The lowest BCUT2D eigenvalue weighted by atomic mass is 9.87. The average Bonchev–Trinajstić information content (AvgIpc) is 2.33. The van der Waals surface area contributed by atoms with E-state index >= 15 is 0 Å². The van der Waals surface area contributed by atoms with Gasteiger partial charge in [0.25, 0.3) is 0 Å². The lowest BCUT2D eigenvalue weighted by molar-refractivity contribution is 0.550. The molecule has 2 heteroatoms. The molecule has 0 bridgehead atoms. The monoisotopic (exact) mass is 254 g/mol. The Morgan fingerprint density at radius 2 is 1.95 bits per heavy atom. The van der Waals surface area contributed by atoms with E-state index in [4.69, 9.17) is 0 Å². The zero-order valence-corrected chi connectivity index (χ0v) is 12.5. The van der Waals surface area contributed by atoms with E-state index in [0.29, 0.717) is 0 Å². The van der Waals surface area contributed by atoms with Crippen molar-refractivity contribution in [3.05, 3.63) is 34.9 Å². The molecular formula is C17H22N2. The number of aryl methyl sites for hydroxylation is 1. The molecule has 0 aromatic heterocycles. The van der Waals surface area contributed by atoms with Crippen LogP contribution in [-0.2, 0) is 0 Å². The summed E-state index contributed by atoms with van der Waals surface area (Å²) in [5, 5.41) is 9.20. The Morgan fingerprint density at radius 1 is 1.26 bits per heavy atom. The molecule has 100 valence electrons. The average molecular weight is 254 g/mol. The lowest BCUT2D eigenvalue weighted by Gasteiger charge is -2.43. The van der Waals surface area contributed by atoms with Gasteiger partial charge in [0, 0.05) is 17.8 Å². The first kappa shape index (κ1) is 13.7. The number of hydrogen-bond donors (Lipinski definition) is 0. The highest BCUT2D eigenvalue weighted by Gasteiger charge is 2.31. The van der Waals surface area contributed by atoms with Gasteiger partial charge in [0.2, 0.25) is 0 Å². The Balaban J connectivity index is 2.66. The molecule has 19 heavy (non-hydrogen) atoms. The molecule has 1 aliphatic rings. The van der Waals surface area contributed by atoms with Gasteiger partial charge in [-0.3, -0.25) is 0 Å². The summed E-state index contributed by atoms with van der Waals surface area (Å²) in [5.41, 5.74) is 5.62. The maximum absolute atomic E-state index is 9.20. The zero-order chi connectivity index (χ0) is 14.2. The molecular weight excluding hydrogens is 232 g/mol. The number of allylic oxidation sites excluding steroid dienone is 1. The molecule has 1 heterocycles. The number of benzene rings is 1. The van der Waals surface area contributed by atoms with Gasteiger partial charge in [-0.25, -0.2) is 0 Å². The molecule has 2 nitrogen and oxygen atoms in total. The number of fused-ring (bicyclic) bond motifs is 1. The second-order valence-corrected chi connectivity index (χ2v) is 5.93. The van der Waals surface area contributed by atoms with Gasteiger partial charge in [-0.15, -0.1) is 0 Å². The van der Waals surface area contributed by atoms with Crippen LogP contribution in [0.2, 0.25) is 0 Å². The molecule has 0 unspecified atom stereocenters. The first-order valence-electron chi connectivity index (χ1n) is 6.93. The van der Waals surface area contributed by atoms with Crippen LogP contribution in [0.15, 0.2) is 18.2 Å². The maximum atomic E-state index is 9.20. The molecule has 2 rings (SSSR count). The molecule has 0 fully saturated rings. The summed E-state index contributed by atoms with van der Waals surface area (Å²) in [7, 11) is 0. The smallest absolute Gasteiger partial charge is 0.0994 e. The summed E-state index contributed by atoms with van der Waals surface area (Å²) in [5.74, 6) is 0. The van der Waals surface area contributed by atoms with Crippen molar-refractivity contribution in [1.82, 2.24) is 0 Å². The van der Waals surface area contributed by atoms with Crippen LogP contribution in [0.1, 0.15) is 50.8 Å². The highest BCUT2D eigenvalue weighted by Crippen LogP contribution is 2.40. The SMILES string of the molecule is CCCN1c2cc(C)c(C#N)cc2C(C)=CC1(C)C. The van der Waals surface area contributed by atoms with Gasteiger partial charge in [0.05, 0.1) is 17.2 Å². The van der Waals surface area contributed by atoms with Crippen molar-refractivity contribution in [3.63, 3.8) is 0 Å². The van der Waals surface area contributed by atoms with Crippen molar-refractivity contribution < 1.29 is 0 Å². The van der Waals surface area contributed by atoms with Crippen molar-refractivity contribution in [2.24, 2.45) is 0 Å². The molecule has 0 amide bonds. The van der Waals surface area contributed by atoms with E-state index in [-0.39, 0.29) is 5.54 Å². The van der Waals surface area contributed by atoms with Crippen LogP contribution in [0.5, 0.6) is 0 Å². The Bertz CT molecular complexity index is 574. The first-order chi connectivity index (χ1) is 8.90. The highest BCUT2D eigenvalue weighted by molar-refractivity contribution is 5.82. The largest absolute Gasteiger partial charge is 0.362 e. The first-order valence-corrected chi connectivity index (χ1v) is 6.93. The number of hydrogen-bond acceptors (Lipinski definition) is 2. The summed E-state index contributed by atoms with van der Waals surface area (Å²) in [6, 6.07) is 6.49. The van der Waals surface area contributed by atoms with Gasteiger partial charge in [-0.05, 0) is 57.4 Å². The van der Waals surface area contributed by atoms with E-state index in [2.05, 4.69) is 50.8 Å². The van der Waals surface area contributed by atoms with Crippen LogP contribution in [0.25, 0.3) is 5.57 Å². The van der Waals surface area contributed by atoms with Crippen molar-refractivity contribution in [1.29, 1.82) is 5.26 Å². The summed E-state index contributed by atoms with van der Waals surface area (Å²) in [6.07, 6.45) is 3.43. The van der Waals surface area contributed by atoms with Crippen LogP contribution < -0.4 is 4.90 Å². The topological polar surface area (TPSA) is 27.0 Å². The van der Waals surface area contributed by atoms with E-state index in [1.54, 1.807) is 0 Å². The van der Waals surface area contributed by atoms with Gasteiger partial charge in [-0.2, -0.15) is 5.26 Å². The second kappa shape index (κ2) is 4.74. The van der Waals surface area contributed by atoms with Gasteiger partial charge in [-0.1, -0.05) is 13.0 Å². The van der Waals surface area contributed by atoms with Gasteiger partial charge in [0.15, 0.2) is 0 Å². The number of nitriles is 1. The molecule has 0 radical (unpaired) electrons. The van der Waals surface area contributed by atoms with Gasteiger partial charge < -0.3 is 4.90 Å². The van der Waals surface area contributed by atoms with E-state index in [1.165, 1.54) is 16.8 Å². The molecule has 1 aliphatic heterocycles. The third kappa shape index (κ3) is 2.26. The minimum atomic E-state index is 0.0354. The highest BCUT2D eigenvalue weighted by atomic mass is 15.2. The number of nitrogens with zero attached hydrogens (tertiary/aromatic N) is 2. The third-order valence-corrected chi connectivity index (χ3v) is 3.89. The number of rotatable bonds is 2. The van der Waals surface area contributed by atoms with Crippen molar-refractivity contribution in [2.45, 2.75) is 46.6 Å². The summed E-state index contributed by atoms with van der Waals surface area (Å²) >= 11 is 0. The van der Waals surface area contributed by atoms with Gasteiger partial charge >= 0.3 is 0 Å². The minimum Gasteiger partial charge on any atom is -0.362 e. The standard InChI is InChI=1S/C17H22N2/c1-6-7-19-16-8-12(2)14(11-18)9-15(16)13(3)10-17(19,4)5/h8-10H,6-7H2,1-5H3. The minimum absolute atomic E-state index is 0.0354. The molecule has 0 saturated carbocycles. The fraction of sp³-hybridized carbons (Fsp3) is 0.471. The maximum Gasteiger partial charge on any atom is 0.0994 e. The van der Waals surface area contributed by atoms with Crippen LogP contribution >= 0.6 is 0 Å². The molecule has 0 spiro atoms. The van der Waals surface area contributed by atoms with E-state index in [1.807, 2.05) is 13.0 Å². The summed E-state index contributed by atoms with van der Waals surface area (Å²) < 4.78 is 0. The fourth-order valence-electron chi connectivity index (χ4n) is 2.98. The Labute approximate surface area is 116 Å². The van der Waals surface area contributed by atoms with Crippen molar-refractivity contribution in [3.8, 4) is 6.07 Å². The summed E-state index contributed by atoms with van der Waals surface area (Å²) in [4.78, 5) is 2.45. The normalized spacial score (nSPS) is 16.6. The van der Waals surface area contributed by atoms with Crippen molar-refractivity contribution >= 4 is 11.3 Å². The van der Waals surface area contributed by atoms with Crippen LogP contribution in [0.3, 0.4) is 0 Å². The van der Waals surface area contributed by atoms with E-state index in [0.717, 1.165) is 24.1 Å². The lowest BCUT2D eigenvalue weighted by Crippen LogP contribution is -2.45. The molecule has 0 saturated heterocycles. The van der Waals surface area contributed by atoms with Gasteiger partial charge in [0.1, 0.15) is 0 Å². The second-order valence-electron chi connectivity index (χ2n) is 5.93. The predicted molar refractivity (Wildman–Crippen MR) is 81.3 cm³/mol. The van der Waals surface area contributed by atoms with Crippen LogP contribution in [-0.4, -0.2) is 12.1 Å². The predicted octanol–water partition coefficient (Wildman–Crippen LogP) is 4.28. The van der Waals surface area contributed by atoms with E-state index < -0.39 is 0 Å². The summed E-state index contributed by atoms with van der Waals surface area (Å²) in [6.45, 7) is 11.9. The number of anilines is 1. The van der Waals surface area contributed by atoms with Crippen LogP contribution in [0, 0.1) is 18.3 Å². The third-order valence-electron chi connectivity index (χ3n) is 3.89. The quantitative estimate of drug-likeness (QED) is 0.787. The Morgan fingerprint density at radius 3 is 2.53 bits per heavy atom. The molecule has 1 aromatic rings. The fourth-order valence-corrected chi connectivity index (χ4v) is 2.98. The van der Waals surface area contributed by atoms with Crippen LogP contribution in [0.4, 0.5) is 5.69 Å². The zero-order valence-electron chi connectivity index (χ0n) is 12.5. The Kier molecular flexibility index (Phi) is 3.41. The Hall–Kier alpha value is -1.75.